The van der Waals surface area contributed by atoms with Gasteiger partial charge < -0.3 is 14.4 Å². The van der Waals surface area contributed by atoms with Crippen LogP contribution in [-0.4, -0.2) is 40.3 Å². The van der Waals surface area contributed by atoms with Gasteiger partial charge in [0.1, 0.15) is 11.7 Å². The molecule has 0 aliphatic carbocycles. The van der Waals surface area contributed by atoms with E-state index < -0.39 is 5.60 Å². The van der Waals surface area contributed by atoms with Crippen LogP contribution >= 0.6 is 15.9 Å². The lowest BCUT2D eigenvalue weighted by molar-refractivity contribution is 0.0223. The normalized spacial score (nSPS) is 21.8. The summed E-state index contributed by atoms with van der Waals surface area (Å²) in [4.78, 5) is 18.2. The average molecular weight is 371 g/mol. The lowest BCUT2D eigenvalue weighted by atomic mass is 10.2. The molecule has 2 atom stereocenters. The van der Waals surface area contributed by atoms with Crippen LogP contribution in [0, 0.1) is 6.92 Å². The molecule has 1 saturated heterocycles. The molecular formula is C16H23BrN2O3. The molecule has 1 fully saturated rings. The van der Waals surface area contributed by atoms with E-state index in [1.54, 1.807) is 11.1 Å². The standard InChI is InChI=1S/C16H23BrN2O3/c1-10-6-14(18-8-13(10)17)21-12-7-11(2)19(9-12)15(20)22-16(3,4)5/h6,8,11-12H,7,9H2,1-5H3/t11-,12+/m0/s1. The van der Waals surface area contributed by atoms with Gasteiger partial charge in [-0.25, -0.2) is 9.78 Å². The molecule has 6 heteroatoms. The topological polar surface area (TPSA) is 51.7 Å². The third kappa shape index (κ3) is 4.35. The molecule has 2 rings (SSSR count). The van der Waals surface area contributed by atoms with Crippen molar-refractivity contribution in [1.29, 1.82) is 0 Å². The molecule has 0 bridgehead atoms. The van der Waals surface area contributed by atoms with Crippen molar-refractivity contribution in [2.75, 3.05) is 6.54 Å². The molecule has 0 spiro atoms. The van der Waals surface area contributed by atoms with Crippen molar-refractivity contribution in [2.24, 2.45) is 0 Å². The van der Waals surface area contributed by atoms with Crippen LogP contribution in [0.4, 0.5) is 4.79 Å². The van der Waals surface area contributed by atoms with Gasteiger partial charge in [-0.15, -0.1) is 0 Å². The summed E-state index contributed by atoms with van der Waals surface area (Å²) in [6, 6.07) is 1.99. The van der Waals surface area contributed by atoms with Gasteiger partial charge in [-0.2, -0.15) is 0 Å². The second-order valence-corrected chi connectivity index (χ2v) is 7.58. The van der Waals surface area contributed by atoms with Crippen molar-refractivity contribution in [3.05, 3.63) is 22.3 Å². The van der Waals surface area contributed by atoms with E-state index in [-0.39, 0.29) is 18.2 Å². The van der Waals surface area contributed by atoms with Crippen LogP contribution in [0.25, 0.3) is 0 Å². The number of carbonyl (C=O) groups excluding carboxylic acids is 1. The summed E-state index contributed by atoms with van der Waals surface area (Å²) in [5.41, 5.74) is 0.583. The summed E-state index contributed by atoms with van der Waals surface area (Å²) in [5, 5.41) is 0. The molecule has 0 N–H and O–H groups in total. The number of ether oxygens (including phenoxy) is 2. The van der Waals surface area contributed by atoms with Gasteiger partial charge >= 0.3 is 6.09 Å². The molecule has 2 heterocycles. The maximum Gasteiger partial charge on any atom is 0.410 e. The number of aryl methyl sites for hydroxylation is 1. The molecule has 1 aliphatic heterocycles. The second-order valence-electron chi connectivity index (χ2n) is 6.73. The lowest BCUT2D eigenvalue weighted by Crippen LogP contribution is -2.39. The summed E-state index contributed by atoms with van der Waals surface area (Å²) < 4.78 is 12.3. The fourth-order valence-corrected chi connectivity index (χ4v) is 2.61. The quantitative estimate of drug-likeness (QED) is 0.791. The summed E-state index contributed by atoms with van der Waals surface area (Å²) >= 11 is 3.42. The van der Waals surface area contributed by atoms with Crippen molar-refractivity contribution in [3.63, 3.8) is 0 Å². The lowest BCUT2D eigenvalue weighted by Gasteiger charge is -2.26. The van der Waals surface area contributed by atoms with Crippen molar-refractivity contribution in [2.45, 2.75) is 58.8 Å². The van der Waals surface area contributed by atoms with Gasteiger partial charge in [-0.3, -0.25) is 0 Å². The molecule has 0 aromatic carbocycles. The molecule has 1 aliphatic rings. The first kappa shape index (κ1) is 17.1. The minimum Gasteiger partial charge on any atom is -0.472 e. The molecule has 1 amide bonds. The number of aromatic nitrogens is 1. The van der Waals surface area contributed by atoms with Gasteiger partial charge in [0.15, 0.2) is 0 Å². The number of carbonyl (C=O) groups is 1. The third-order valence-electron chi connectivity index (χ3n) is 3.47. The highest BCUT2D eigenvalue weighted by Gasteiger charge is 2.36. The Bertz CT molecular complexity index is 557. The zero-order valence-corrected chi connectivity index (χ0v) is 15.3. The monoisotopic (exact) mass is 370 g/mol. The Morgan fingerprint density at radius 3 is 2.73 bits per heavy atom. The molecule has 0 radical (unpaired) electrons. The highest BCUT2D eigenvalue weighted by Crippen LogP contribution is 2.25. The number of likely N-dealkylation sites (tertiary alicyclic amines) is 1. The maximum atomic E-state index is 12.2. The van der Waals surface area contributed by atoms with Crippen molar-refractivity contribution in [3.8, 4) is 5.88 Å². The van der Waals surface area contributed by atoms with Crippen LogP contribution < -0.4 is 4.74 Å². The van der Waals surface area contributed by atoms with E-state index in [1.807, 2.05) is 40.7 Å². The molecule has 22 heavy (non-hydrogen) atoms. The van der Waals surface area contributed by atoms with Gasteiger partial charge in [-0.1, -0.05) is 0 Å². The first-order valence-corrected chi connectivity index (χ1v) is 8.23. The number of pyridine rings is 1. The number of amides is 1. The maximum absolute atomic E-state index is 12.2. The first-order chi connectivity index (χ1) is 10.2. The van der Waals surface area contributed by atoms with E-state index in [0.717, 1.165) is 16.5 Å². The van der Waals surface area contributed by atoms with Gasteiger partial charge in [0.05, 0.1) is 6.54 Å². The number of hydrogen-bond donors (Lipinski definition) is 0. The summed E-state index contributed by atoms with van der Waals surface area (Å²) in [5.74, 6) is 0.587. The van der Waals surface area contributed by atoms with Crippen LogP contribution in [-0.2, 0) is 4.74 Å². The van der Waals surface area contributed by atoms with Gasteiger partial charge in [0, 0.05) is 29.2 Å². The second kappa shape index (κ2) is 6.44. The van der Waals surface area contributed by atoms with E-state index in [4.69, 9.17) is 9.47 Å². The smallest absolute Gasteiger partial charge is 0.410 e. The van der Waals surface area contributed by atoms with Crippen LogP contribution in [0.5, 0.6) is 5.88 Å². The van der Waals surface area contributed by atoms with Crippen molar-refractivity contribution >= 4 is 22.0 Å². The zero-order chi connectivity index (χ0) is 16.5. The Kier molecular flexibility index (Phi) is 5.00. The molecule has 0 unspecified atom stereocenters. The SMILES string of the molecule is Cc1cc(O[C@@H]2C[C@H](C)N(C(=O)OC(C)(C)C)C2)ncc1Br. The highest BCUT2D eigenvalue weighted by atomic mass is 79.9. The zero-order valence-electron chi connectivity index (χ0n) is 13.7. The summed E-state index contributed by atoms with van der Waals surface area (Å²) in [7, 11) is 0. The number of nitrogens with zero attached hydrogens (tertiary/aromatic N) is 2. The minimum absolute atomic E-state index is 0.0596. The Morgan fingerprint density at radius 2 is 2.14 bits per heavy atom. The fourth-order valence-electron chi connectivity index (χ4n) is 2.39. The minimum atomic E-state index is -0.486. The largest absolute Gasteiger partial charge is 0.472 e. The van der Waals surface area contributed by atoms with Crippen LogP contribution in [0.2, 0.25) is 0 Å². The molecule has 1 aromatic heterocycles. The number of halogens is 1. The van der Waals surface area contributed by atoms with Gasteiger partial charge in [-0.05, 0) is 56.1 Å². The predicted molar refractivity (Wildman–Crippen MR) is 88.1 cm³/mol. The van der Waals surface area contributed by atoms with E-state index in [2.05, 4.69) is 20.9 Å². The van der Waals surface area contributed by atoms with Crippen LogP contribution in [0.3, 0.4) is 0 Å². The fraction of sp³-hybridized carbons (Fsp3) is 0.625. The molecule has 0 saturated carbocycles. The van der Waals surface area contributed by atoms with Crippen LogP contribution in [0.1, 0.15) is 39.7 Å². The number of hydrogen-bond acceptors (Lipinski definition) is 4. The van der Waals surface area contributed by atoms with E-state index in [0.29, 0.717) is 12.4 Å². The Morgan fingerprint density at radius 1 is 1.45 bits per heavy atom. The average Bonchev–Trinajstić information content (AvgIpc) is 2.73. The Balaban J connectivity index is 1.98. The Hall–Kier alpha value is -1.30. The van der Waals surface area contributed by atoms with E-state index in [1.165, 1.54) is 0 Å². The van der Waals surface area contributed by atoms with Gasteiger partial charge in [0.2, 0.25) is 5.88 Å². The summed E-state index contributed by atoms with van der Waals surface area (Å²) in [6.07, 6.45) is 2.16. The molecule has 5 nitrogen and oxygen atoms in total. The molecular weight excluding hydrogens is 348 g/mol. The Labute approximate surface area is 140 Å². The predicted octanol–water partition coefficient (Wildman–Crippen LogP) is 3.93. The number of rotatable bonds is 2. The van der Waals surface area contributed by atoms with Crippen molar-refractivity contribution < 1.29 is 14.3 Å². The van der Waals surface area contributed by atoms with Crippen LogP contribution in [0.15, 0.2) is 16.7 Å². The first-order valence-electron chi connectivity index (χ1n) is 7.44. The highest BCUT2D eigenvalue weighted by molar-refractivity contribution is 9.10. The van der Waals surface area contributed by atoms with E-state index >= 15 is 0 Å². The molecule has 122 valence electrons. The van der Waals surface area contributed by atoms with Gasteiger partial charge in [0.25, 0.3) is 0 Å². The molecule has 1 aromatic rings. The summed E-state index contributed by atoms with van der Waals surface area (Å²) in [6.45, 7) is 10.1. The third-order valence-corrected chi connectivity index (χ3v) is 4.30. The van der Waals surface area contributed by atoms with Crippen molar-refractivity contribution in [1.82, 2.24) is 9.88 Å². The van der Waals surface area contributed by atoms with E-state index in [9.17, 15) is 4.79 Å².